The Labute approximate surface area is 86.2 Å². The quantitative estimate of drug-likeness (QED) is 0.638. The number of hydrogen-bond acceptors (Lipinski definition) is 3. The van der Waals surface area contributed by atoms with Gasteiger partial charge >= 0.3 is 0 Å². The highest BCUT2D eigenvalue weighted by Gasteiger charge is 2.20. The van der Waals surface area contributed by atoms with Gasteiger partial charge in [0.1, 0.15) is 15.5 Å². The minimum absolute atomic E-state index is 0.160. The summed E-state index contributed by atoms with van der Waals surface area (Å²) in [7, 11) is 0. The van der Waals surface area contributed by atoms with Crippen LogP contribution in [0.4, 0.5) is 8.78 Å². The van der Waals surface area contributed by atoms with Crippen LogP contribution in [-0.4, -0.2) is 10.1 Å². The summed E-state index contributed by atoms with van der Waals surface area (Å²) in [5.41, 5.74) is -0.919. The van der Waals surface area contributed by atoms with Crippen LogP contribution in [0.2, 0.25) is 0 Å². The van der Waals surface area contributed by atoms with E-state index in [-0.39, 0.29) is 9.26 Å². The summed E-state index contributed by atoms with van der Waals surface area (Å²) >= 11 is 1.66. The fraction of sp³-hybridized carbons (Fsp3) is 0.143. The number of alkyl halides is 2. The van der Waals surface area contributed by atoms with Gasteiger partial charge in [0.2, 0.25) is 0 Å². The van der Waals surface area contributed by atoms with Gasteiger partial charge in [-0.1, -0.05) is 0 Å². The normalized spacial score (nSPS) is 10.1. The number of rotatable bonds is 1. The molecule has 1 aromatic rings. The number of aromatic nitrogens is 1. The zero-order valence-electron chi connectivity index (χ0n) is 6.13. The Balaban J connectivity index is 3.46. The van der Waals surface area contributed by atoms with Crippen molar-refractivity contribution in [1.29, 1.82) is 5.26 Å². The predicted molar refractivity (Wildman–Crippen MR) is 48.3 cm³/mol. The lowest BCUT2D eigenvalue weighted by Gasteiger charge is -2.05. The largest absolute Gasteiger partial charge is 0.506 e. The van der Waals surface area contributed by atoms with Gasteiger partial charge < -0.3 is 5.11 Å². The molecule has 0 spiro atoms. The highest BCUT2D eigenvalue weighted by Crippen LogP contribution is 2.32. The molecular formula is C7H3F2IN2O. The fourth-order valence-electron chi connectivity index (χ4n) is 0.818. The van der Waals surface area contributed by atoms with E-state index >= 15 is 0 Å². The molecule has 68 valence electrons. The standard InChI is InChI=1S/C7H3F2IN2O/c8-6(9)5-3(1-11)7(10)12-2-4(5)13/h2,6,13H. The number of aromatic hydroxyl groups is 1. The van der Waals surface area contributed by atoms with Crippen molar-refractivity contribution >= 4 is 22.6 Å². The Morgan fingerprint density at radius 1 is 1.62 bits per heavy atom. The summed E-state index contributed by atoms with van der Waals surface area (Å²) in [6, 6.07) is 1.58. The average molecular weight is 296 g/mol. The summed E-state index contributed by atoms with van der Waals surface area (Å²) < 4.78 is 24.8. The second kappa shape index (κ2) is 3.83. The lowest BCUT2D eigenvalue weighted by Crippen LogP contribution is -1.97. The lowest BCUT2D eigenvalue weighted by molar-refractivity contribution is 0.147. The van der Waals surface area contributed by atoms with Crippen molar-refractivity contribution in [2.75, 3.05) is 0 Å². The number of nitrogens with zero attached hydrogens (tertiary/aromatic N) is 2. The molecule has 0 atom stereocenters. The molecule has 1 rings (SSSR count). The maximum atomic E-state index is 12.3. The van der Waals surface area contributed by atoms with E-state index in [0.29, 0.717) is 0 Å². The summed E-state index contributed by atoms with van der Waals surface area (Å²) in [6.45, 7) is 0. The van der Waals surface area contributed by atoms with E-state index in [0.717, 1.165) is 6.20 Å². The zero-order valence-corrected chi connectivity index (χ0v) is 8.29. The number of hydrogen-bond donors (Lipinski definition) is 1. The van der Waals surface area contributed by atoms with Gasteiger partial charge in [0.05, 0.1) is 17.3 Å². The molecule has 0 fully saturated rings. The van der Waals surface area contributed by atoms with Crippen LogP contribution in [0.1, 0.15) is 17.6 Å². The van der Waals surface area contributed by atoms with E-state index in [2.05, 4.69) is 4.98 Å². The molecule has 0 radical (unpaired) electrons. The molecule has 0 saturated carbocycles. The van der Waals surface area contributed by atoms with Gasteiger partial charge in [0, 0.05) is 0 Å². The third-order valence-corrected chi connectivity index (χ3v) is 2.20. The topological polar surface area (TPSA) is 56.9 Å². The van der Waals surface area contributed by atoms with Gasteiger partial charge in [-0.3, -0.25) is 0 Å². The number of pyridine rings is 1. The van der Waals surface area contributed by atoms with Gasteiger partial charge in [-0.2, -0.15) is 5.26 Å². The summed E-state index contributed by atoms with van der Waals surface area (Å²) in [5, 5.41) is 17.6. The Morgan fingerprint density at radius 2 is 2.23 bits per heavy atom. The Bertz CT molecular complexity index is 375. The zero-order chi connectivity index (χ0) is 10.0. The molecule has 13 heavy (non-hydrogen) atoms. The molecule has 0 aliphatic rings. The molecule has 0 unspecified atom stereocenters. The Kier molecular flexibility index (Phi) is 2.98. The van der Waals surface area contributed by atoms with E-state index in [9.17, 15) is 8.78 Å². The summed E-state index contributed by atoms with van der Waals surface area (Å²) in [5.74, 6) is -0.646. The smallest absolute Gasteiger partial charge is 0.268 e. The number of halogens is 3. The Morgan fingerprint density at radius 3 is 2.62 bits per heavy atom. The van der Waals surface area contributed by atoms with Gasteiger partial charge in [0.25, 0.3) is 6.43 Å². The highest BCUT2D eigenvalue weighted by atomic mass is 127. The monoisotopic (exact) mass is 296 g/mol. The fourth-order valence-corrected chi connectivity index (χ4v) is 1.37. The van der Waals surface area contributed by atoms with Crippen molar-refractivity contribution in [3.8, 4) is 11.8 Å². The first-order valence-corrected chi connectivity index (χ1v) is 4.21. The third-order valence-electron chi connectivity index (χ3n) is 1.38. The van der Waals surface area contributed by atoms with E-state index < -0.39 is 17.7 Å². The van der Waals surface area contributed by atoms with E-state index in [1.54, 1.807) is 28.7 Å². The molecular weight excluding hydrogens is 293 g/mol. The van der Waals surface area contributed by atoms with Crippen LogP contribution < -0.4 is 0 Å². The van der Waals surface area contributed by atoms with Crippen molar-refractivity contribution in [3.63, 3.8) is 0 Å². The van der Waals surface area contributed by atoms with Crippen molar-refractivity contribution in [3.05, 3.63) is 21.0 Å². The van der Waals surface area contributed by atoms with Crippen molar-refractivity contribution < 1.29 is 13.9 Å². The first-order chi connectivity index (χ1) is 6.07. The maximum Gasteiger partial charge on any atom is 0.268 e. The second-order valence-corrected chi connectivity index (χ2v) is 3.16. The molecule has 0 amide bonds. The summed E-state index contributed by atoms with van der Waals surface area (Å²) in [6.07, 6.45) is -1.96. The van der Waals surface area contributed by atoms with Crippen LogP contribution in [0.3, 0.4) is 0 Å². The first kappa shape index (κ1) is 10.1. The molecule has 3 nitrogen and oxygen atoms in total. The van der Waals surface area contributed by atoms with Crippen LogP contribution in [0, 0.1) is 15.0 Å². The SMILES string of the molecule is N#Cc1c(I)ncc(O)c1C(F)F. The predicted octanol–water partition coefficient (Wildman–Crippen LogP) is 2.20. The van der Waals surface area contributed by atoms with Crippen LogP contribution >= 0.6 is 22.6 Å². The lowest BCUT2D eigenvalue weighted by atomic mass is 10.1. The minimum Gasteiger partial charge on any atom is -0.506 e. The molecule has 6 heteroatoms. The van der Waals surface area contributed by atoms with Crippen molar-refractivity contribution in [2.45, 2.75) is 6.43 Å². The molecule has 1 heterocycles. The second-order valence-electron chi connectivity index (χ2n) is 2.14. The average Bonchev–Trinajstić information content (AvgIpc) is 2.07. The summed E-state index contributed by atoms with van der Waals surface area (Å²) in [4.78, 5) is 3.57. The van der Waals surface area contributed by atoms with Crippen LogP contribution in [0.25, 0.3) is 0 Å². The van der Waals surface area contributed by atoms with E-state index in [1.807, 2.05) is 0 Å². The van der Waals surface area contributed by atoms with Crippen LogP contribution in [-0.2, 0) is 0 Å². The molecule has 1 aromatic heterocycles. The first-order valence-electron chi connectivity index (χ1n) is 3.13. The van der Waals surface area contributed by atoms with Gasteiger partial charge in [-0.25, -0.2) is 13.8 Å². The maximum absolute atomic E-state index is 12.3. The van der Waals surface area contributed by atoms with Gasteiger partial charge in [-0.05, 0) is 22.6 Å². The number of nitriles is 1. The van der Waals surface area contributed by atoms with Gasteiger partial charge in [-0.15, -0.1) is 0 Å². The third kappa shape index (κ3) is 1.85. The molecule has 0 aromatic carbocycles. The van der Waals surface area contributed by atoms with Crippen molar-refractivity contribution in [1.82, 2.24) is 4.98 Å². The molecule has 0 aliphatic carbocycles. The molecule has 0 aliphatic heterocycles. The Hall–Kier alpha value is -0.970. The van der Waals surface area contributed by atoms with Gasteiger partial charge in [0.15, 0.2) is 0 Å². The van der Waals surface area contributed by atoms with Crippen LogP contribution in [0.5, 0.6) is 5.75 Å². The molecule has 1 N–H and O–H groups in total. The van der Waals surface area contributed by atoms with E-state index in [1.165, 1.54) is 0 Å². The molecule has 0 bridgehead atoms. The minimum atomic E-state index is -2.87. The van der Waals surface area contributed by atoms with E-state index in [4.69, 9.17) is 10.4 Å². The molecule has 0 saturated heterocycles. The van der Waals surface area contributed by atoms with Crippen LogP contribution in [0.15, 0.2) is 6.20 Å². The van der Waals surface area contributed by atoms with Crippen molar-refractivity contribution in [2.24, 2.45) is 0 Å². The highest BCUT2D eigenvalue weighted by molar-refractivity contribution is 14.1.